The molecule has 2 rings (SSSR count). The predicted octanol–water partition coefficient (Wildman–Crippen LogP) is 1.22. The molecule has 0 saturated carbocycles. The maximum absolute atomic E-state index is 12.0. The molecule has 0 radical (unpaired) electrons. The van der Waals surface area contributed by atoms with Gasteiger partial charge in [0.15, 0.2) is 5.82 Å². The molecule has 0 atom stereocenters. The lowest BCUT2D eigenvalue weighted by molar-refractivity contribution is -0.118. The highest BCUT2D eigenvalue weighted by Crippen LogP contribution is 2.21. The van der Waals surface area contributed by atoms with Gasteiger partial charge in [0.2, 0.25) is 15.9 Å². The lowest BCUT2D eigenvalue weighted by Crippen LogP contribution is -2.32. The third-order valence-corrected chi connectivity index (χ3v) is 5.03. The van der Waals surface area contributed by atoms with Crippen LogP contribution in [0.2, 0.25) is 0 Å². The first kappa shape index (κ1) is 15.6. The smallest absolute Gasteiger partial charge is 0.249 e. The second-order valence-corrected chi connectivity index (χ2v) is 7.02. The molecular weight excluding hydrogens is 292 g/mol. The quantitative estimate of drug-likeness (QED) is 0.837. The Morgan fingerprint density at radius 3 is 2.52 bits per heavy atom. The van der Waals surface area contributed by atoms with Gasteiger partial charge in [-0.25, -0.2) is 17.7 Å². The van der Waals surface area contributed by atoms with E-state index < -0.39 is 10.0 Å². The van der Waals surface area contributed by atoms with E-state index in [4.69, 9.17) is 0 Å². The summed E-state index contributed by atoms with van der Waals surface area (Å²) in [5, 5.41) is 5.50. The molecule has 21 heavy (non-hydrogen) atoms. The van der Waals surface area contributed by atoms with Gasteiger partial charge in [-0.3, -0.25) is 4.79 Å². The van der Waals surface area contributed by atoms with Crippen LogP contribution in [0, 0.1) is 0 Å². The van der Waals surface area contributed by atoms with Crippen LogP contribution in [0.25, 0.3) is 0 Å². The third kappa shape index (κ3) is 3.11. The van der Waals surface area contributed by atoms with Gasteiger partial charge in [-0.05, 0) is 25.0 Å². The van der Waals surface area contributed by atoms with Gasteiger partial charge in [0, 0.05) is 32.4 Å². The molecule has 1 amide bonds. The van der Waals surface area contributed by atoms with Crippen molar-refractivity contribution in [1.29, 1.82) is 0 Å². The minimum absolute atomic E-state index is 0.0837. The van der Waals surface area contributed by atoms with Crippen LogP contribution in [-0.2, 0) is 14.8 Å². The number of nitrogens with zero attached hydrogens (tertiary/aromatic N) is 4. The van der Waals surface area contributed by atoms with E-state index in [1.54, 1.807) is 0 Å². The number of hydrogen-bond acceptors (Lipinski definition) is 5. The topological polar surface area (TPSA) is 82.9 Å². The number of carbonyl (C=O) groups excluding carboxylic acids is 1. The summed E-state index contributed by atoms with van der Waals surface area (Å²) in [5.41, 5.74) is 0.932. The Labute approximate surface area is 124 Å². The lowest BCUT2D eigenvalue weighted by Gasteiger charge is -2.22. The number of pyridine rings is 1. The minimum Gasteiger partial charge on any atom is -0.272 e. The largest absolute Gasteiger partial charge is 0.272 e. The SMILES string of the molecule is CCC1=NN(c2ccc(S(=O)(=O)N(C)C)cn2)C(=O)CC1. The highest BCUT2D eigenvalue weighted by molar-refractivity contribution is 7.89. The summed E-state index contributed by atoms with van der Waals surface area (Å²) in [6.45, 7) is 1.98. The van der Waals surface area contributed by atoms with E-state index in [1.807, 2.05) is 6.92 Å². The van der Waals surface area contributed by atoms with E-state index in [0.29, 0.717) is 18.7 Å². The molecule has 0 aromatic carbocycles. The predicted molar refractivity (Wildman–Crippen MR) is 79.6 cm³/mol. The average molecular weight is 310 g/mol. The molecule has 0 bridgehead atoms. The molecule has 7 nitrogen and oxygen atoms in total. The van der Waals surface area contributed by atoms with Crippen LogP contribution in [0.15, 0.2) is 28.3 Å². The molecule has 1 aliphatic heterocycles. The van der Waals surface area contributed by atoms with Crippen molar-refractivity contribution >= 4 is 27.5 Å². The van der Waals surface area contributed by atoms with Crippen molar-refractivity contribution in [3.63, 3.8) is 0 Å². The van der Waals surface area contributed by atoms with Gasteiger partial charge in [0.05, 0.1) is 0 Å². The second-order valence-electron chi connectivity index (χ2n) is 4.86. The summed E-state index contributed by atoms with van der Waals surface area (Å²) >= 11 is 0. The summed E-state index contributed by atoms with van der Waals surface area (Å²) in [5.74, 6) is 0.200. The van der Waals surface area contributed by atoms with Gasteiger partial charge in [-0.2, -0.15) is 10.1 Å². The fraction of sp³-hybridized carbons (Fsp3) is 0.462. The zero-order valence-electron chi connectivity index (χ0n) is 12.3. The Kier molecular flexibility index (Phi) is 4.38. The van der Waals surface area contributed by atoms with Crippen molar-refractivity contribution in [3.05, 3.63) is 18.3 Å². The molecule has 114 valence electrons. The fourth-order valence-corrected chi connectivity index (χ4v) is 2.74. The monoisotopic (exact) mass is 310 g/mol. The molecule has 0 fully saturated rings. The van der Waals surface area contributed by atoms with E-state index >= 15 is 0 Å². The Morgan fingerprint density at radius 2 is 2.00 bits per heavy atom. The average Bonchev–Trinajstić information content (AvgIpc) is 2.48. The first-order chi connectivity index (χ1) is 9.86. The number of rotatable bonds is 4. The van der Waals surface area contributed by atoms with Gasteiger partial charge in [0.1, 0.15) is 4.90 Å². The summed E-state index contributed by atoms with van der Waals surface area (Å²) in [6.07, 6.45) is 3.08. The molecule has 2 heterocycles. The van der Waals surface area contributed by atoms with Gasteiger partial charge in [-0.1, -0.05) is 6.92 Å². The summed E-state index contributed by atoms with van der Waals surface area (Å²) in [7, 11) is -0.615. The molecule has 0 N–H and O–H groups in total. The standard InChI is InChI=1S/C13H18N4O3S/c1-4-10-5-8-13(18)17(15-10)12-7-6-11(9-14-12)21(19,20)16(2)3/h6-7,9H,4-5,8H2,1-3H3. The lowest BCUT2D eigenvalue weighted by atomic mass is 10.1. The zero-order chi connectivity index (χ0) is 15.6. The Bertz CT molecular complexity index is 665. The number of hydrazone groups is 1. The molecule has 0 saturated heterocycles. The van der Waals surface area contributed by atoms with Crippen LogP contribution in [0.4, 0.5) is 5.82 Å². The molecule has 8 heteroatoms. The number of amides is 1. The van der Waals surface area contributed by atoms with Crippen molar-refractivity contribution < 1.29 is 13.2 Å². The van der Waals surface area contributed by atoms with Crippen molar-refractivity contribution in [2.24, 2.45) is 5.10 Å². The maximum Gasteiger partial charge on any atom is 0.249 e. The molecule has 0 aliphatic carbocycles. The molecule has 1 aliphatic rings. The van der Waals surface area contributed by atoms with Crippen LogP contribution in [-0.4, -0.2) is 43.4 Å². The van der Waals surface area contributed by atoms with Crippen LogP contribution in [0.3, 0.4) is 0 Å². The fourth-order valence-electron chi connectivity index (χ4n) is 1.89. The van der Waals surface area contributed by atoms with Crippen LogP contribution < -0.4 is 5.01 Å². The number of hydrogen-bond donors (Lipinski definition) is 0. The van der Waals surface area contributed by atoms with Gasteiger partial charge < -0.3 is 0 Å². The molecule has 1 aromatic heterocycles. The van der Waals surface area contributed by atoms with Gasteiger partial charge in [-0.15, -0.1) is 0 Å². The van der Waals surface area contributed by atoms with E-state index in [0.717, 1.165) is 16.4 Å². The summed E-state index contributed by atoms with van der Waals surface area (Å²) < 4.78 is 25.0. The van der Waals surface area contributed by atoms with Crippen LogP contribution in [0.1, 0.15) is 26.2 Å². The first-order valence-electron chi connectivity index (χ1n) is 6.64. The highest BCUT2D eigenvalue weighted by Gasteiger charge is 2.23. The Morgan fingerprint density at radius 1 is 1.29 bits per heavy atom. The molecule has 0 unspecified atom stereocenters. The number of carbonyl (C=O) groups is 1. The minimum atomic E-state index is -3.52. The second kappa shape index (κ2) is 5.90. The zero-order valence-corrected chi connectivity index (χ0v) is 13.1. The van der Waals surface area contributed by atoms with Crippen molar-refractivity contribution in [2.75, 3.05) is 19.1 Å². The third-order valence-electron chi connectivity index (χ3n) is 3.23. The number of anilines is 1. The molecule has 0 spiro atoms. The van der Waals surface area contributed by atoms with Crippen LogP contribution >= 0.6 is 0 Å². The van der Waals surface area contributed by atoms with E-state index in [1.165, 1.54) is 37.4 Å². The Hall–Kier alpha value is -1.80. The van der Waals surface area contributed by atoms with E-state index in [2.05, 4.69) is 10.1 Å². The summed E-state index contributed by atoms with van der Waals surface area (Å²) in [4.78, 5) is 16.0. The molecule has 1 aromatic rings. The van der Waals surface area contributed by atoms with Crippen molar-refractivity contribution in [2.45, 2.75) is 31.1 Å². The first-order valence-corrected chi connectivity index (χ1v) is 8.08. The highest BCUT2D eigenvalue weighted by atomic mass is 32.2. The van der Waals surface area contributed by atoms with E-state index in [-0.39, 0.29) is 10.8 Å². The van der Waals surface area contributed by atoms with Gasteiger partial charge in [0.25, 0.3) is 0 Å². The van der Waals surface area contributed by atoms with Crippen LogP contribution in [0.5, 0.6) is 0 Å². The Balaban J connectivity index is 2.33. The number of sulfonamides is 1. The molecular formula is C13H18N4O3S. The maximum atomic E-state index is 12.0. The van der Waals surface area contributed by atoms with Crippen molar-refractivity contribution in [3.8, 4) is 0 Å². The number of aromatic nitrogens is 1. The summed E-state index contributed by atoms with van der Waals surface area (Å²) in [6, 6.07) is 2.93. The van der Waals surface area contributed by atoms with E-state index in [9.17, 15) is 13.2 Å². The normalized spacial score (nSPS) is 16.3. The van der Waals surface area contributed by atoms with Crippen molar-refractivity contribution in [1.82, 2.24) is 9.29 Å². The van der Waals surface area contributed by atoms with Gasteiger partial charge >= 0.3 is 0 Å².